The van der Waals surface area contributed by atoms with Crippen LogP contribution in [0, 0.1) is 0 Å². The van der Waals surface area contributed by atoms with Crippen molar-refractivity contribution in [3.63, 3.8) is 0 Å². The van der Waals surface area contributed by atoms with Gasteiger partial charge in [-0.25, -0.2) is 4.79 Å². The third-order valence-electron chi connectivity index (χ3n) is 7.02. The third kappa shape index (κ3) is 8.11. The zero-order valence-electron chi connectivity index (χ0n) is 23.7. The van der Waals surface area contributed by atoms with Gasteiger partial charge in [0.05, 0.1) is 11.6 Å². The molecular weight excluding hydrogens is 545 g/mol. The highest BCUT2D eigenvalue weighted by Crippen LogP contribution is 2.39. The van der Waals surface area contributed by atoms with Crippen molar-refractivity contribution in [1.82, 2.24) is 15.5 Å². The van der Waals surface area contributed by atoms with Crippen molar-refractivity contribution in [3.05, 3.63) is 102 Å². The highest BCUT2D eigenvalue weighted by molar-refractivity contribution is 5.95. The van der Waals surface area contributed by atoms with Crippen molar-refractivity contribution in [2.75, 3.05) is 11.9 Å². The fourth-order valence-electron chi connectivity index (χ4n) is 5.24. The number of carbonyl (C=O) groups excluding carboxylic acids is 3. The van der Waals surface area contributed by atoms with Crippen LogP contribution in [0.5, 0.6) is 0 Å². The van der Waals surface area contributed by atoms with Crippen LogP contribution in [-0.4, -0.2) is 40.9 Å². The second-order valence-electron chi connectivity index (χ2n) is 11.5. The van der Waals surface area contributed by atoms with Crippen LogP contribution in [0.1, 0.15) is 62.3 Å². The Morgan fingerprint density at radius 3 is 2.07 bits per heavy atom. The summed E-state index contributed by atoms with van der Waals surface area (Å²) in [6, 6.07) is 21.0. The third-order valence-corrected chi connectivity index (χ3v) is 7.02. The number of hydrogen-bond acceptors (Lipinski definition) is 3. The summed E-state index contributed by atoms with van der Waals surface area (Å²) in [5, 5.41) is 8.01. The molecule has 3 aromatic rings. The van der Waals surface area contributed by atoms with E-state index in [-0.39, 0.29) is 30.5 Å². The maximum atomic E-state index is 14.1. The van der Waals surface area contributed by atoms with Gasteiger partial charge in [-0.1, -0.05) is 66.7 Å². The fraction of sp³-hybridized carbons (Fsp3) is 0.344. The van der Waals surface area contributed by atoms with Crippen molar-refractivity contribution >= 4 is 23.5 Å². The lowest BCUT2D eigenvalue weighted by molar-refractivity contribution is -0.139. The van der Waals surface area contributed by atoms with E-state index in [2.05, 4.69) is 16.0 Å². The number of nitrogens with one attached hydrogen (secondary N) is 3. The molecule has 1 heterocycles. The topological polar surface area (TPSA) is 90.5 Å². The van der Waals surface area contributed by atoms with Gasteiger partial charge in [0.25, 0.3) is 0 Å². The molecule has 1 saturated heterocycles. The molecule has 3 atom stereocenters. The van der Waals surface area contributed by atoms with Gasteiger partial charge in [-0.15, -0.1) is 0 Å². The van der Waals surface area contributed by atoms with E-state index in [0.717, 1.165) is 23.3 Å². The number of nitrogens with zero attached hydrogens (tertiary/aromatic N) is 1. The Bertz CT molecular complexity index is 1390. The van der Waals surface area contributed by atoms with Gasteiger partial charge >= 0.3 is 12.2 Å². The summed E-state index contributed by atoms with van der Waals surface area (Å²) in [7, 11) is 0. The van der Waals surface area contributed by atoms with Crippen LogP contribution in [0.4, 0.5) is 23.7 Å². The monoisotopic (exact) mass is 580 g/mol. The second-order valence-corrected chi connectivity index (χ2v) is 11.5. The molecule has 0 saturated carbocycles. The molecule has 0 bridgehead atoms. The van der Waals surface area contributed by atoms with Gasteiger partial charge in [0, 0.05) is 11.2 Å². The van der Waals surface area contributed by atoms with Crippen LogP contribution in [0.3, 0.4) is 0 Å². The number of benzene rings is 3. The molecule has 4 rings (SSSR count). The van der Waals surface area contributed by atoms with Crippen LogP contribution in [0.2, 0.25) is 0 Å². The number of likely N-dealkylation sites (tertiary alicyclic amines) is 1. The Morgan fingerprint density at radius 2 is 1.48 bits per heavy atom. The summed E-state index contributed by atoms with van der Waals surface area (Å²) in [6.07, 6.45) is -3.84. The first-order valence-electron chi connectivity index (χ1n) is 13.8. The smallest absolute Gasteiger partial charge is 0.350 e. The van der Waals surface area contributed by atoms with Gasteiger partial charge in [0.15, 0.2) is 0 Å². The molecule has 222 valence electrons. The van der Waals surface area contributed by atoms with Crippen molar-refractivity contribution in [2.24, 2.45) is 0 Å². The fourth-order valence-corrected chi connectivity index (χ4v) is 5.24. The van der Waals surface area contributed by atoms with Gasteiger partial charge in [-0.2, -0.15) is 13.2 Å². The minimum absolute atomic E-state index is 0.0634. The predicted octanol–water partition coefficient (Wildman–Crippen LogP) is 6.26. The number of hydrogen-bond donors (Lipinski definition) is 3. The average Bonchev–Trinajstić information content (AvgIpc) is 3.05. The molecule has 3 N–H and O–H groups in total. The van der Waals surface area contributed by atoms with E-state index in [1.54, 1.807) is 0 Å². The standard InChI is InChI=1S/C32H35F3N4O3/c1-31(2,3)38-28(40)20-39-27(22-13-8-5-9-14-22)18-23(21-11-6-4-7-12-21)17-26(29(39)41)37-30(42)36-25-16-10-15-24(19-25)32(33,34)35/h4-16,19,23,26-27H,17-18,20H2,1-3H3,(H,38,40)(H2,36,37,42). The molecular formula is C32H35F3N4O3. The Morgan fingerprint density at radius 1 is 0.857 bits per heavy atom. The normalized spacial score (nSPS) is 19.5. The highest BCUT2D eigenvalue weighted by Gasteiger charge is 2.40. The Balaban J connectivity index is 1.67. The van der Waals surface area contributed by atoms with E-state index >= 15 is 0 Å². The molecule has 0 spiro atoms. The molecule has 4 amide bonds. The first kappa shape index (κ1) is 30.6. The van der Waals surface area contributed by atoms with E-state index in [1.165, 1.54) is 17.0 Å². The molecule has 0 aromatic heterocycles. The molecule has 7 nitrogen and oxygen atoms in total. The lowest BCUT2D eigenvalue weighted by atomic mass is 9.86. The summed E-state index contributed by atoms with van der Waals surface area (Å²) in [4.78, 5) is 41.8. The second kappa shape index (κ2) is 12.7. The summed E-state index contributed by atoms with van der Waals surface area (Å²) >= 11 is 0. The zero-order valence-corrected chi connectivity index (χ0v) is 23.7. The lowest BCUT2D eigenvalue weighted by Gasteiger charge is -2.33. The summed E-state index contributed by atoms with van der Waals surface area (Å²) in [6.45, 7) is 5.30. The highest BCUT2D eigenvalue weighted by atomic mass is 19.4. The van der Waals surface area contributed by atoms with Crippen LogP contribution in [0.25, 0.3) is 0 Å². The number of anilines is 1. The van der Waals surface area contributed by atoms with Gasteiger partial charge in [-0.05, 0) is 68.9 Å². The number of carbonyl (C=O) groups is 3. The van der Waals surface area contributed by atoms with E-state index in [9.17, 15) is 27.6 Å². The van der Waals surface area contributed by atoms with Crippen LogP contribution in [-0.2, 0) is 15.8 Å². The van der Waals surface area contributed by atoms with Crippen molar-refractivity contribution in [3.8, 4) is 0 Å². The minimum Gasteiger partial charge on any atom is -0.350 e. The van der Waals surface area contributed by atoms with Crippen LogP contribution in [0.15, 0.2) is 84.9 Å². The first-order chi connectivity index (χ1) is 19.8. The predicted molar refractivity (Wildman–Crippen MR) is 155 cm³/mol. The SMILES string of the molecule is CC(C)(C)NC(=O)CN1C(=O)C(NC(=O)Nc2cccc(C(F)(F)F)c2)CC(c2ccccc2)CC1c1ccccc1. The minimum atomic E-state index is -4.57. The quantitative estimate of drug-likeness (QED) is 0.322. The molecule has 3 unspecified atom stereocenters. The molecule has 1 aliphatic heterocycles. The molecule has 1 fully saturated rings. The van der Waals surface area contributed by atoms with Crippen LogP contribution < -0.4 is 16.0 Å². The van der Waals surface area contributed by atoms with Crippen LogP contribution >= 0.6 is 0 Å². The van der Waals surface area contributed by atoms with Crippen molar-refractivity contribution in [1.29, 1.82) is 0 Å². The summed E-state index contributed by atoms with van der Waals surface area (Å²) < 4.78 is 39.6. The van der Waals surface area contributed by atoms with Gasteiger partial charge in [-0.3, -0.25) is 9.59 Å². The van der Waals surface area contributed by atoms with Gasteiger partial charge < -0.3 is 20.9 Å². The molecule has 1 aliphatic rings. The first-order valence-corrected chi connectivity index (χ1v) is 13.8. The Kier molecular flexibility index (Phi) is 9.23. The maximum absolute atomic E-state index is 14.1. The molecule has 0 radical (unpaired) electrons. The summed E-state index contributed by atoms with van der Waals surface area (Å²) in [5.41, 5.74) is 0.327. The molecule has 0 aliphatic carbocycles. The van der Waals surface area contributed by atoms with E-state index < -0.39 is 41.3 Å². The van der Waals surface area contributed by atoms with Gasteiger partial charge in [0.2, 0.25) is 11.8 Å². The molecule has 42 heavy (non-hydrogen) atoms. The maximum Gasteiger partial charge on any atom is 0.416 e. The van der Waals surface area contributed by atoms with E-state index in [4.69, 9.17) is 0 Å². The number of amides is 4. The van der Waals surface area contributed by atoms with Crippen molar-refractivity contribution in [2.45, 2.75) is 63.3 Å². The van der Waals surface area contributed by atoms with E-state index in [1.807, 2.05) is 81.4 Å². The zero-order chi connectivity index (χ0) is 30.5. The number of halogens is 3. The Labute approximate surface area is 243 Å². The van der Waals surface area contributed by atoms with Gasteiger partial charge in [0.1, 0.15) is 12.6 Å². The average molecular weight is 581 g/mol. The van der Waals surface area contributed by atoms with Crippen molar-refractivity contribution < 1.29 is 27.6 Å². The lowest BCUT2D eigenvalue weighted by Crippen LogP contribution is -2.53. The van der Waals surface area contributed by atoms with E-state index in [0.29, 0.717) is 6.42 Å². The number of rotatable bonds is 6. The number of alkyl halides is 3. The molecule has 10 heteroatoms. The summed E-state index contributed by atoms with van der Waals surface area (Å²) in [5.74, 6) is -0.970. The molecule has 3 aromatic carbocycles. The number of urea groups is 1. The largest absolute Gasteiger partial charge is 0.416 e. The Hall–Kier alpha value is -4.34.